The van der Waals surface area contributed by atoms with Crippen molar-refractivity contribution in [3.8, 4) is 11.1 Å². The number of aryl methyl sites for hydroxylation is 1. The predicted molar refractivity (Wildman–Crippen MR) is 108 cm³/mol. The molecule has 1 N–H and O–H groups in total. The Bertz CT molecular complexity index is 806. The SMILES string of the molecule is CCCOC1(C)CCC(O)(c2ccc(-c3ccc(CC)c(F)c3F)cc2)CC1. The van der Waals surface area contributed by atoms with Gasteiger partial charge in [0.1, 0.15) is 0 Å². The van der Waals surface area contributed by atoms with Crippen LogP contribution in [-0.4, -0.2) is 17.3 Å². The first-order valence-corrected chi connectivity index (χ1v) is 10.3. The van der Waals surface area contributed by atoms with Crippen LogP contribution in [0.3, 0.4) is 0 Å². The van der Waals surface area contributed by atoms with Gasteiger partial charge in [-0.15, -0.1) is 0 Å². The molecule has 1 fully saturated rings. The van der Waals surface area contributed by atoms with Gasteiger partial charge in [0.2, 0.25) is 0 Å². The van der Waals surface area contributed by atoms with Crippen LogP contribution in [0, 0.1) is 11.6 Å². The Morgan fingerprint density at radius 1 is 0.929 bits per heavy atom. The zero-order valence-electron chi connectivity index (χ0n) is 17.0. The maximum atomic E-state index is 14.4. The molecule has 0 atom stereocenters. The van der Waals surface area contributed by atoms with Gasteiger partial charge in [0.15, 0.2) is 11.6 Å². The molecular formula is C24H30F2O2. The van der Waals surface area contributed by atoms with Crippen molar-refractivity contribution in [2.45, 2.75) is 70.5 Å². The lowest BCUT2D eigenvalue weighted by atomic mass is 9.73. The van der Waals surface area contributed by atoms with E-state index >= 15 is 0 Å². The molecule has 0 bridgehead atoms. The molecule has 0 radical (unpaired) electrons. The minimum absolute atomic E-state index is 0.177. The van der Waals surface area contributed by atoms with Gasteiger partial charge in [0.25, 0.3) is 0 Å². The molecule has 152 valence electrons. The molecule has 3 rings (SSSR count). The minimum Gasteiger partial charge on any atom is -0.385 e. The average molecular weight is 388 g/mol. The Hall–Kier alpha value is -1.78. The zero-order chi connectivity index (χ0) is 20.4. The summed E-state index contributed by atoms with van der Waals surface area (Å²) in [5, 5.41) is 11.1. The number of benzene rings is 2. The molecule has 0 aliphatic heterocycles. The average Bonchev–Trinajstić information content (AvgIpc) is 2.71. The van der Waals surface area contributed by atoms with Crippen LogP contribution in [0.2, 0.25) is 0 Å². The van der Waals surface area contributed by atoms with E-state index in [0.29, 0.717) is 30.4 Å². The summed E-state index contributed by atoms with van der Waals surface area (Å²) < 4.78 is 34.5. The third-order valence-corrected chi connectivity index (χ3v) is 6.07. The quantitative estimate of drug-likeness (QED) is 0.644. The summed E-state index contributed by atoms with van der Waals surface area (Å²) in [6.45, 7) is 6.75. The molecular weight excluding hydrogens is 358 g/mol. The Morgan fingerprint density at radius 3 is 2.14 bits per heavy atom. The summed E-state index contributed by atoms with van der Waals surface area (Å²) in [7, 11) is 0. The number of rotatable bonds is 6. The van der Waals surface area contributed by atoms with Gasteiger partial charge < -0.3 is 9.84 Å². The molecule has 0 spiro atoms. The molecule has 0 amide bonds. The number of aliphatic hydroxyl groups is 1. The lowest BCUT2D eigenvalue weighted by Crippen LogP contribution is -2.41. The molecule has 28 heavy (non-hydrogen) atoms. The van der Waals surface area contributed by atoms with Crippen molar-refractivity contribution in [3.05, 3.63) is 59.2 Å². The molecule has 2 aromatic carbocycles. The van der Waals surface area contributed by atoms with Gasteiger partial charge in [-0.05, 0) is 62.1 Å². The van der Waals surface area contributed by atoms with Crippen molar-refractivity contribution >= 4 is 0 Å². The van der Waals surface area contributed by atoms with Gasteiger partial charge >= 0.3 is 0 Å². The van der Waals surface area contributed by atoms with Crippen molar-refractivity contribution in [2.75, 3.05) is 6.61 Å². The number of halogens is 2. The van der Waals surface area contributed by atoms with Crippen LogP contribution in [0.1, 0.15) is 64.0 Å². The van der Waals surface area contributed by atoms with Gasteiger partial charge in [-0.25, -0.2) is 8.78 Å². The fourth-order valence-corrected chi connectivity index (χ4v) is 4.02. The Labute approximate surface area is 166 Å². The van der Waals surface area contributed by atoms with Crippen LogP contribution < -0.4 is 0 Å². The second kappa shape index (κ2) is 8.30. The lowest BCUT2D eigenvalue weighted by Gasteiger charge is -2.42. The largest absolute Gasteiger partial charge is 0.385 e. The number of ether oxygens (including phenoxy) is 1. The second-order valence-electron chi connectivity index (χ2n) is 8.16. The monoisotopic (exact) mass is 388 g/mol. The first-order valence-electron chi connectivity index (χ1n) is 10.3. The summed E-state index contributed by atoms with van der Waals surface area (Å²) in [6, 6.07) is 10.4. The molecule has 1 saturated carbocycles. The standard InChI is InChI=1S/C24H30F2O2/c1-4-16-28-23(3)12-14-24(27,15-13-23)19-9-6-18(7-10-19)20-11-8-17(5-2)21(25)22(20)26/h6-11,27H,4-5,12-16H2,1-3H3. The van der Waals surface area contributed by atoms with Gasteiger partial charge in [0.05, 0.1) is 11.2 Å². The molecule has 4 heteroatoms. The summed E-state index contributed by atoms with van der Waals surface area (Å²) in [6.07, 6.45) is 4.28. The first-order chi connectivity index (χ1) is 13.3. The number of hydrogen-bond acceptors (Lipinski definition) is 2. The maximum Gasteiger partial charge on any atom is 0.166 e. The Morgan fingerprint density at radius 2 is 1.57 bits per heavy atom. The van der Waals surface area contributed by atoms with Crippen LogP contribution in [0.5, 0.6) is 0 Å². The van der Waals surface area contributed by atoms with E-state index in [1.54, 1.807) is 31.2 Å². The highest BCUT2D eigenvalue weighted by molar-refractivity contribution is 5.65. The molecule has 1 aliphatic carbocycles. The van der Waals surface area contributed by atoms with Crippen LogP contribution in [0.15, 0.2) is 36.4 Å². The maximum absolute atomic E-state index is 14.4. The normalized spacial score (nSPS) is 25.1. The van der Waals surface area contributed by atoms with E-state index in [1.807, 2.05) is 12.1 Å². The van der Waals surface area contributed by atoms with E-state index in [0.717, 1.165) is 31.4 Å². The van der Waals surface area contributed by atoms with Crippen molar-refractivity contribution in [1.29, 1.82) is 0 Å². The molecule has 0 saturated heterocycles. The lowest BCUT2D eigenvalue weighted by molar-refractivity contribution is -0.110. The van der Waals surface area contributed by atoms with Crippen LogP contribution in [-0.2, 0) is 16.8 Å². The summed E-state index contributed by atoms with van der Waals surface area (Å²) in [4.78, 5) is 0. The minimum atomic E-state index is -0.899. The number of hydrogen-bond donors (Lipinski definition) is 1. The molecule has 0 aromatic heterocycles. The molecule has 1 aliphatic rings. The van der Waals surface area contributed by atoms with Crippen molar-refractivity contribution in [1.82, 2.24) is 0 Å². The Kier molecular flexibility index (Phi) is 6.21. The smallest absolute Gasteiger partial charge is 0.166 e. The highest BCUT2D eigenvalue weighted by Crippen LogP contribution is 2.43. The van der Waals surface area contributed by atoms with E-state index in [1.165, 1.54) is 0 Å². The topological polar surface area (TPSA) is 29.5 Å². The highest BCUT2D eigenvalue weighted by Gasteiger charge is 2.40. The van der Waals surface area contributed by atoms with E-state index in [4.69, 9.17) is 4.74 Å². The third kappa shape index (κ3) is 4.13. The van der Waals surface area contributed by atoms with Gasteiger partial charge in [-0.2, -0.15) is 0 Å². The van der Waals surface area contributed by atoms with E-state index in [-0.39, 0.29) is 11.2 Å². The summed E-state index contributed by atoms with van der Waals surface area (Å²) in [5.41, 5.74) is 0.978. The zero-order valence-corrected chi connectivity index (χ0v) is 17.0. The van der Waals surface area contributed by atoms with E-state index < -0.39 is 17.2 Å². The predicted octanol–water partition coefficient (Wildman–Crippen LogP) is 6.14. The van der Waals surface area contributed by atoms with Crippen LogP contribution in [0.4, 0.5) is 8.78 Å². The fourth-order valence-electron chi connectivity index (χ4n) is 4.02. The Balaban J connectivity index is 1.77. The van der Waals surface area contributed by atoms with Crippen LogP contribution >= 0.6 is 0 Å². The summed E-state index contributed by atoms with van der Waals surface area (Å²) in [5.74, 6) is -1.59. The highest BCUT2D eigenvalue weighted by atomic mass is 19.2. The second-order valence-corrected chi connectivity index (χ2v) is 8.16. The van der Waals surface area contributed by atoms with Gasteiger partial charge in [-0.3, -0.25) is 0 Å². The van der Waals surface area contributed by atoms with Crippen molar-refractivity contribution < 1.29 is 18.6 Å². The van der Waals surface area contributed by atoms with Gasteiger partial charge in [-0.1, -0.05) is 50.2 Å². The fraction of sp³-hybridized carbons (Fsp3) is 0.500. The van der Waals surface area contributed by atoms with Crippen molar-refractivity contribution in [3.63, 3.8) is 0 Å². The summed E-state index contributed by atoms with van der Waals surface area (Å²) >= 11 is 0. The van der Waals surface area contributed by atoms with E-state index in [9.17, 15) is 13.9 Å². The molecule has 2 nitrogen and oxygen atoms in total. The van der Waals surface area contributed by atoms with Crippen molar-refractivity contribution in [2.24, 2.45) is 0 Å². The van der Waals surface area contributed by atoms with E-state index in [2.05, 4.69) is 13.8 Å². The molecule has 2 aromatic rings. The molecule has 0 unspecified atom stereocenters. The third-order valence-electron chi connectivity index (χ3n) is 6.07. The van der Waals surface area contributed by atoms with Gasteiger partial charge in [0, 0.05) is 12.2 Å². The van der Waals surface area contributed by atoms with Crippen LogP contribution in [0.25, 0.3) is 11.1 Å². The molecule has 0 heterocycles. The first kappa shape index (κ1) is 20.9.